The number of nitrogens with zero attached hydrogens (tertiary/aromatic N) is 1. The Labute approximate surface area is 168 Å². The number of hydrogen-bond acceptors (Lipinski definition) is 4. The lowest BCUT2D eigenvalue weighted by atomic mass is 10.1. The van der Waals surface area contributed by atoms with Gasteiger partial charge in [-0.2, -0.15) is 0 Å². The second-order valence-electron chi connectivity index (χ2n) is 6.61. The van der Waals surface area contributed by atoms with E-state index in [2.05, 4.69) is 20.9 Å². The van der Waals surface area contributed by atoms with Crippen LogP contribution in [0, 0.1) is 20.8 Å². The van der Waals surface area contributed by atoms with Crippen LogP contribution in [0.2, 0.25) is 0 Å². The van der Waals surface area contributed by atoms with Crippen LogP contribution in [0.1, 0.15) is 22.4 Å². The molecule has 3 aromatic rings. The number of nitrogens with one attached hydrogen (secondary N) is 3. The molecule has 1 aromatic heterocycles. The topological polar surface area (TPSA) is 83.1 Å². The van der Waals surface area contributed by atoms with Crippen LogP contribution in [-0.4, -0.2) is 16.9 Å². The number of thiazole rings is 1. The number of amides is 3. The van der Waals surface area contributed by atoms with Gasteiger partial charge in [-0.3, -0.25) is 10.1 Å². The number of benzene rings is 2. The molecule has 0 saturated heterocycles. The molecule has 28 heavy (non-hydrogen) atoms. The number of rotatable bonds is 5. The van der Waals surface area contributed by atoms with Gasteiger partial charge >= 0.3 is 6.03 Å². The summed E-state index contributed by atoms with van der Waals surface area (Å²) in [5.41, 5.74) is 5.49. The van der Waals surface area contributed by atoms with Crippen LogP contribution in [0.5, 0.6) is 0 Å². The zero-order valence-electron chi connectivity index (χ0n) is 16.0. The third-order valence-electron chi connectivity index (χ3n) is 4.21. The van der Waals surface area contributed by atoms with Crippen LogP contribution in [-0.2, 0) is 11.2 Å². The Bertz CT molecular complexity index is 996. The number of carbonyl (C=O) groups is 2. The average Bonchev–Trinajstić information content (AvgIpc) is 3.06. The summed E-state index contributed by atoms with van der Waals surface area (Å²) in [7, 11) is 0. The van der Waals surface area contributed by atoms with E-state index in [-0.39, 0.29) is 18.4 Å². The van der Waals surface area contributed by atoms with Gasteiger partial charge in [0.25, 0.3) is 0 Å². The largest absolute Gasteiger partial charge is 0.326 e. The minimum atomic E-state index is -0.371. The molecule has 0 spiro atoms. The van der Waals surface area contributed by atoms with E-state index in [1.807, 2.05) is 63.2 Å². The molecule has 0 aliphatic heterocycles. The molecular weight excluding hydrogens is 372 g/mol. The lowest BCUT2D eigenvalue weighted by Gasteiger charge is -2.07. The molecule has 3 rings (SSSR count). The van der Waals surface area contributed by atoms with Crippen LogP contribution < -0.4 is 16.0 Å². The molecule has 1 heterocycles. The SMILES string of the molecule is Cc1ccc(NC(=O)Nc2nc(CC(=O)Nc3ccc(C)c(C)c3)cs2)cc1. The Kier molecular flexibility index (Phi) is 6.06. The Morgan fingerprint density at radius 3 is 2.32 bits per heavy atom. The van der Waals surface area contributed by atoms with Gasteiger partial charge in [0.05, 0.1) is 12.1 Å². The van der Waals surface area contributed by atoms with Crippen molar-refractivity contribution in [2.75, 3.05) is 16.0 Å². The van der Waals surface area contributed by atoms with Gasteiger partial charge in [-0.1, -0.05) is 23.8 Å². The Hall–Kier alpha value is -3.19. The van der Waals surface area contributed by atoms with Gasteiger partial charge in [0.2, 0.25) is 5.91 Å². The molecule has 0 unspecified atom stereocenters. The van der Waals surface area contributed by atoms with E-state index < -0.39 is 0 Å². The predicted octanol–water partition coefficient (Wildman–Crippen LogP) is 4.89. The second kappa shape index (κ2) is 8.67. The highest BCUT2D eigenvalue weighted by molar-refractivity contribution is 7.14. The van der Waals surface area contributed by atoms with Crippen molar-refractivity contribution >= 4 is 39.8 Å². The molecule has 0 aliphatic carbocycles. The summed E-state index contributed by atoms with van der Waals surface area (Å²) in [6.45, 7) is 6.02. The highest BCUT2D eigenvalue weighted by Crippen LogP contribution is 2.18. The van der Waals surface area contributed by atoms with Gasteiger partial charge in [0.1, 0.15) is 0 Å². The number of anilines is 3. The van der Waals surface area contributed by atoms with Crippen molar-refractivity contribution in [3.63, 3.8) is 0 Å². The van der Waals surface area contributed by atoms with Gasteiger partial charge in [-0.05, 0) is 56.2 Å². The molecule has 2 aromatic carbocycles. The zero-order valence-corrected chi connectivity index (χ0v) is 16.8. The normalized spacial score (nSPS) is 10.4. The Morgan fingerprint density at radius 2 is 1.61 bits per heavy atom. The van der Waals surface area contributed by atoms with E-state index in [1.54, 1.807) is 5.38 Å². The van der Waals surface area contributed by atoms with Crippen molar-refractivity contribution in [2.45, 2.75) is 27.2 Å². The molecule has 3 N–H and O–H groups in total. The fourth-order valence-corrected chi connectivity index (χ4v) is 3.24. The van der Waals surface area contributed by atoms with Gasteiger partial charge in [-0.15, -0.1) is 11.3 Å². The van der Waals surface area contributed by atoms with Crippen molar-refractivity contribution in [2.24, 2.45) is 0 Å². The molecule has 0 fully saturated rings. The Balaban J connectivity index is 1.53. The molecular formula is C21H22N4O2S. The smallest absolute Gasteiger partial charge is 0.325 e. The van der Waals surface area contributed by atoms with E-state index >= 15 is 0 Å². The molecule has 0 saturated carbocycles. The highest BCUT2D eigenvalue weighted by atomic mass is 32.1. The van der Waals surface area contributed by atoms with E-state index in [1.165, 1.54) is 16.9 Å². The van der Waals surface area contributed by atoms with Crippen molar-refractivity contribution < 1.29 is 9.59 Å². The van der Waals surface area contributed by atoms with Crippen molar-refractivity contribution in [3.05, 3.63) is 70.2 Å². The van der Waals surface area contributed by atoms with Crippen LogP contribution in [0.3, 0.4) is 0 Å². The van der Waals surface area contributed by atoms with Gasteiger partial charge < -0.3 is 10.6 Å². The van der Waals surface area contributed by atoms with Crippen LogP contribution in [0.15, 0.2) is 47.8 Å². The summed E-state index contributed by atoms with van der Waals surface area (Å²) in [4.78, 5) is 28.6. The van der Waals surface area contributed by atoms with E-state index in [9.17, 15) is 9.59 Å². The molecule has 7 heteroatoms. The first-order valence-corrected chi connectivity index (χ1v) is 9.73. The average molecular weight is 395 g/mol. The molecule has 144 valence electrons. The fraction of sp³-hybridized carbons (Fsp3) is 0.190. The number of urea groups is 1. The maximum atomic E-state index is 12.2. The number of aryl methyl sites for hydroxylation is 3. The summed E-state index contributed by atoms with van der Waals surface area (Å²) in [6.07, 6.45) is 0.144. The zero-order chi connectivity index (χ0) is 20.1. The van der Waals surface area contributed by atoms with Crippen molar-refractivity contribution in [1.82, 2.24) is 4.98 Å². The predicted molar refractivity (Wildman–Crippen MR) is 114 cm³/mol. The second-order valence-corrected chi connectivity index (χ2v) is 7.47. The minimum absolute atomic E-state index is 0.144. The van der Waals surface area contributed by atoms with Crippen LogP contribution in [0.4, 0.5) is 21.3 Å². The first-order chi connectivity index (χ1) is 13.4. The maximum Gasteiger partial charge on any atom is 0.325 e. The summed E-state index contributed by atoms with van der Waals surface area (Å²) in [6, 6.07) is 12.9. The fourth-order valence-electron chi connectivity index (χ4n) is 2.53. The van der Waals surface area contributed by atoms with Crippen molar-refractivity contribution in [3.8, 4) is 0 Å². The lowest BCUT2D eigenvalue weighted by Crippen LogP contribution is -2.19. The number of aromatic nitrogens is 1. The standard InChI is InChI=1S/C21H22N4O2S/c1-13-4-7-16(8-5-13)23-20(27)25-21-24-18(12-28-21)11-19(26)22-17-9-6-14(2)15(3)10-17/h4-10,12H,11H2,1-3H3,(H,22,26)(H2,23,24,25,27). The molecule has 0 atom stereocenters. The Morgan fingerprint density at radius 1 is 0.893 bits per heavy atom. The van der Waals surface area contributed by atoms with E-state index in [0.29, 0.717) is 16.5 Å². The van der Waals surface area contributed by atoms with Gasteiger partial charge in [0, 0.05) is 16.8 Å². The minimum Gasteiger partial charge on any atom is -0.326 e. The third-order valence-corrected chi connectivity index (χ3v) is 5.02. The van der Waals surface area contributed by atoms with Gasteiger partial charge in [-0.25, -0.2) is 9.78 Å². The summed E-state index contributed by atoms with van der Waals surface area (Å²) < 4.78 is 0. The number of carbonyl (C=O) groups excluding carboxylic acids is 2. The first-order valence-electron chi connectivity index (χ1n) is 8.85. The van der Waals surface area contributed by atoms with E-state index in [0.717, 1.165) is 16.8 Å². The summed E-state index contributed by atoms with van der Waals surface area (Å²) >= 11 is 1.28. The highest BCUT2D eigenvalue weighted by Gasteiger charge is 2.11. The quantitative estimate of drug-likeness (QED) is 0.576. The van der Waals surface area contributed by atoms with Gasteiger partial charge in [0.15, 0.2) is 5.13 Å². The lowest BCUT2D eigenvalue weighted by molar-refractivity contribution is -0.115. The third kappa shape index (κ3) is 5.40. The van der Waals surface area contributed by atoms with Crippen LogP contribution in [0.25, 0.3) is 0 Å². The summed E-state index contributed by atoms with van der Waals surface area (Å²) in [5, 5.41) is 10.5. The molecule has 0 aliphatic rings. The van der Waals surface area contributed by atoms with E-state index in [4.69, 9.17) is 0 Å². The monoisotopic (exact) mass is 394 g/mol. The molecule has 0 bridgehead atoms. The van der Waals surface area contributed by atoms with Crippen molar-refractivity contribution in [1.29, 1.82) is 0 Å². The maximum absolute atomic E-state index is 12.2. The number of hydrogen-bond donors (Lipinski definition) is 3. The molecule has 0 radical (unpaired) electrons. The summed E-state index contributed by atoms with van der Waals surface area (Å²) in [5.74, 6) is -0.149. The first kappa shape index (κ1) is 19.6. The molecule has 3 amide bonds. The molecule has 6 nitrogen and oxygen atoms in total. The van der Waals surface area contributed by atoms with Crippen LogP contribution >= 0.6 is 11.3 Å².